The third kappa shape index (κ3) is 5.43. The van der Waals surface area contributed by atoms with Crippen LogP contribution in [0.3, 0.4) is 0 Å². The number of hydrogen-bond acceptors (Lipinski definition) is 5. The summed E-state index contributed by atoms with van der Waals surface area (Å²) in [5, 5.41) is 11.7. The van der Waals surface area contributed by atoms with Crippen molar-refractivity contribution in [2.45, 2.75) is 24.9 Å². The van der Waals surface area contributed by atoms with Crippen molar-refractivity contribution in [2.75, 3.05) is 13.2 Å². The molecule has 11 heteroatoms. The molecule has 3 N–H and O–H groups in total. The number of ether oxygens (including phenoxy) is 1. The lowest BCUT2D eigenvalue weighted by Gasteiger charge is -2.29. The number of imide groups is 1. The molecule has 206 valence electrons. The lowest BCUT2D eigenvalue weighted by molar-refractivity contribution is -0.129. The summed E-state index contributed by atoms with van der Waals surface area (Å²) in [4.78, 5) is 35.6. The van der Waals surface area contributed by atoms with Crippen molar-refractivity contribution in [3.63, 3.8) is 0 Å². The van der Waals surface area contributed by atoms with E-state index in [1.54, 1.807) is 24.3 Å². The van der Waals surface area contributed by atoms with E-state index in [-0.39, 0.29) is 30.3 Å². The fraction of sp³-hybridized carbons (Fsp3) is 0.207. The Morgan fingerprint density at radius 3 is 2.40 bits per heavy atom. The van der Waals surface area contributed by atoms with Crippen molar-refractivity contribution in [3.05, 3.63) is 105 Å². The number of benzene rings is 3. The van der Waals surface area contributed by atoms with Gasteiger partial charge in [0.2, 0.25) is 0 Å². The van der Waals surface area contributed by atoms with Gasteiger partial charge in [0.15, 0.2) is 0 Å². The van der Waals surface area contributed by atoms with Crippen LogP contribution in [0.25, 0.3) is 11.3 Å². The van der Waals surface area contributed by atoms with Crippen LogP contribution >= 0.6 is 22.6 Å². The number of rotatable bonds is 9. The van der Waals surface area contributed by atoms with E-state index >= 15 is 0 Å². The van der Waals surface area contributed by atoms with E-state index in [1.165, 1.54) is 18.3 Å². The van der Waals surface area contributed by atoms with Gasteiger partial charge in [0.1, 0.15) is 41.9 Å². The highest BCUT2D eigenvalue weighted by Crippen LogP contribution is 2.39. The fourth-order valence-corrected chi connectivity index (χ4v) is 5.39. The number of H-pyrrole nitrogens is 1. The lowest BCUT2D eigenvalue weighted by Crippen LogP contribution is -2.38. The molecule has 2 heterocycles. The minimum atomic E-state index is -0.953. The van der Waals surface area contributed by atoms with Crippen molar-refractivity contribution in [3.8, 4) is 17.0 Å². The molecule has 1 saturated heterocycles. The molecule has 3 amide bonds. The highest BCUT2D eigenvalue weighted by atomic mass is 127. The summed E-state index contributed by atoms with van der Waals surface area (Å²) in [6, 6.07) is 15.9. The quantitative estimate of drug-likeness (QED) is 0.164. The molecular weight excluding hydrogens is 633 g/mol. The summed E-state index contributed by atoms with van der Waals surface area (Å²) in [6.07, 6.45) is 1.30. The number of nitrogens with one attached hydrogen (secondary N) is 2. The maximum atomic E-state index is 14.7. The molecule has 1 fully saturated rings. The summed E-state index contributed by atoms with van der Waals surface area (Å²) in [6.45, 7) is 1.86. The van der Waals surface area contributed by atoms with Gasteiger partial charge in [0, 0.05) is 9.49 Å². The second-order valence-corrected chi connectivity index (χ2v) is 10.5. The number of halogens is 3. The Kier molecular flexibility index (Phi) is 8.12. The summed E-state index contributed by atoms with van der Waals surface area (Å²) < 4.78 is 35.3. The molecule has 8 nitrogen and oxygen atoms in total. The topological polar surface area (TPSA) is 108 Å². The molecule has 4 aromatic rings. The van der Waals surface area contributed by atoms with E-state index in [0.29, 0.717) is 14.9 Å². The monoisotopic (exact) mass is 658 g/mol. The summed E-state index contributed by atoms with van der Waals surface area (Å²) in [7, 11) is 0. The first-order chi connectivity index (χ1) is 19.3. The Morgan fingerprint density at radius 1 is 1.07 bits per heavy atom. The Morgan fingerprint density at radius 2 is 1.75 bits per heavy atom. The molecule has 40 heavy (non-hydrogen) atoms. The maximum Gasteiger partial charge on any atom is 0.325 e. The number of hydrogen-bond donors (Lipinski definition) is 3. The zero-order valence-electron chi connectivity index (χ0n) is 21.3. The molecule has 1 aliphatic rings. The highest BCUT2D eigenvalue weighted by Gasteiger charge is 2.46. The van der Waals surface area contributed by atoms with Crippen molar-refractivity contribution < 1.29 is 28.2 Å². The molecule has 3 atom stereocenters. The fourth-order valence-electron chi connectivity index (χ4n) is 4.84. The number of urea groups is 1. The number of aliphatic hydroxyl groups is 1. The van der Waals surface area contributed by atoms with Crippen LogP contribution in [-0.2, 0) is 4.79 Å². The van der Waals surface area contributed by atoms with E-state index in [4.69, 9.17) is 9.84 Å². The van der Waals surface area contributed by atoms with E-state index < -0.39 is 41.6 Å². The Balaban J connectivity index is 1.52. The van der Waals surface area contributed by atoms with Gasteiger partial charge >= 0.3 is 6.03 Å². The molecule has 5 rings (SSSR count). The molecule has 0 aliphatic carbocycles. The van der Waals surface area contributed by atoms with Crippen LogP contribution in [0, 0.1) is 15.2 Å². The maximum absolute atomic E-state index is 14.7. The first-order valence-corrected chi connectivity index (χ1v) is 13.6. The Bertz CT molecular complexity index is 1510. The van der Waals surface area contributed by atoms with Crippen LogP contribution in [-0.4, -0.2) is 45.1 Å². The predicted octanol–water partition coefficient (Wildman–Crippen LogP) is 5.47. The summed E-state index contributed by atoms with van der Waals surface area (Å²) in [5.41, 5.74) is 1.20. The predicted molar refractivity (Wildman–Crippen MR) is 151 cm³/mol. The van der Waals surface area contributed by atoms with E-state index in [2.05, 4.69) is 15.3 Å². The largest absolute Gasteiger partial charge is 0.491 e. The Hall–Kier alpha value is -3.84. The van der Waals surface area contributed by atoms with Crippen LogP contribution in [0.15, 0.2) is 72.9 Å². The number of carbonyl (C=O) groups excluding carboxylic acids is 2. The van der Waals surface area contributed by atoms with Crippen LogP contribution in [0.1, 0.15) is 41.9 Å². The third-order valence-corrected chi connectivity index (χ3v) is 7.40. The number of aromatic nitrogens is 2. The third-order valence-electron chi connectivity index (χ3n) is 6.77. The van der Waals surface area contributed by atoms with Crippen molar-refractivity contribution in [2.24, 2.45) is 0 Å². The average molecular weight is 658 g/mol. The molecule has 3 aromatic carbocycles. The SMILES string of the molecule is C[C@@H](c1ccccc1)[C@@H](c1ncc(-c2c(F)cc(I)cc2F)[nH]1)N1C(=O)N[C@H](c2ccc(OCCO)cc2)C1=O. The molecule has 0 bridgehead atoms. The smallest absolute Gasteiger partial charge is 0.325 e. The minimum absolute atomic E-state index is 0.0914. The van der Waals surface area contributed by atoms with Crippen molar-refractivity contribution in [1.29, 1.82) is 0 Å². The zero-order chi connectivity index (χ0) is 28.4. The number of carbonyl (C=O) groups is 2. The average Bonchev–Trinajstić information content (AvgIpc) is 3.53. The van der Waals surface area contributed by atoms with Gasteiger partial charge in [-0.1, -0.05) is 49.4 Å². The second kappa shape index (κ2) is 11.7. The molecule has 0 radical (unpaired) electrons. The van der Waals surface area contributed by atoms with Gasteiger partial charge < -0.3 is 20.1 Å². The second-order valence-electron chi connectivity index (χ2n) is 9.30. The molecule has 1 aromatic heterocycles. The van der Waals surface area contributed by atoms with Crippen LogP contribution in [0.5, 0.6) is 5.75 Å². The van der Waals surface area contributed by atoms with Gasteiger partial charge in [-0.25, -0.2) is 18.6 Å². The van der Waals surface area contributed by atoms with Crippen LogP contribution in [0.2, 0.25) is 0 Å². The van der Waals surface area contributed by atoms with Gasteiger partial charge in [-0.05, 0) is 58.0 Å². The Labute approximate surface area is 242 Å². The van der Waals surface area contributed by atoms with Gasteiger partial charge in [-0.3, -0.25) is 9.69 Å². The van der Waals surface area contributed by atoms with E-state index in [9.17, 15) is 18.4 Å². The molecule has 1 aliphatic heterocycles. The zero-order valence-corrected chi connectivity index (χ0v) is 23.4. The van der Waals surface area contributed by atoms with E-state index in [0.717, 1.165) is 10.5 Å². The first kappa shape index (κ1) is 27.7. The first-order valence-electron chi connectivity index (χ1n) is 12.5. The lowest BCUT2D eigenvalue weighted by atomic mass is 9.91. The van der Waals surface area contributed by atoms with Gasteiger partial charge in [-0.2, -0.15) is 0 Å². The summed E-state index contributed by atoms with van der Waals surface area (Å²) >= 11 is 1.83. The molecule has 0 spiro atoms. The molecule has 0 saturated carbocycles. The van der Waals surface area contributed by atoms with Crippen molar-refractivity contribution in [1.82, 2.24) is 20.2 Å². The van der Waals surface area contributed by atoms with Gasteiger partial charge in [0.05, 0.1) is 24.1 Å². The van der Waals surface area contributed by atoms with Crippen LogP contribution in [0.4, 0.5) is 13.6 Å². The number of aliphatic hydroxyl groups excluding tert-OH is 1. The van der Waals surface area contributed by atoms with E-state index in [1.807, 2.05) is 59.8 Å². The van der Waals surface area contributed by atoms with Crippen molar-refractivity contribution >= 4 is 34.5 Å². The highest BCUT2D eigenvalue weighted by molar-refractivity contribution is 14.1. The molecular formula is C29H25F2IN4O4. The van der Waals surface area contributed by atoms with Gasteiger partial charge in [0.25, 0.3) is 5.91 Å². The van der Waals surface area contributed by atoms with Crippen LogP contribution < -0.4 is 10.1 Å². The number of nitrogens with zero attached hydrogens (tertiary/aromatic N) is 2. The molecule has 0 unspecified atom stereocenters. The number of imidazole rings is 1. The summed E-state index contributed by atoms with van der Waals surface area (Å²) in [5.74, 6) is -1.70. The number of aromatic amines is 1. The number of amides is 3. The van der Waals surface area contributed by atoms with Gasteiger partial charge in [-0.15, -0.1) is 0 Å². The minimum Gasteiger partial charge on any atom is -0.491 e. The normalized spacial score (nSPS) is 16.6. The standard InChI is InChI=1S/C29H25F2IN4O4/c1-16(17-5-3-2-4-6-17)26(27-33-15-23(34-27)24-21(30)13-19(32)14-22(24)31)36-28(38)25(35-29(36)39)18-7-9-20(10-8-18)40-12-11-37/h2-10,13-16,25-26,37H,11-12H2,1H3,(H,33,34)(H,35,39)/t16-,25+,26-/m0/s1.